The Kier molecular flexibility index (Phi) is 8.17. The van der Waals surface area contributed by atoms with Crippen molar-refractivity contribution >= 4 is 35.0 Å². The number of hydrogen-bond donors (Lipinski definition) is 1. The lowest BCUT2D eigenvalue weighted by atomic mass is 10.1. The van der Waals surface area contributed by atoms with Crippen LogP contribution in [0.1, 0.15) is 50.2 Å². The first kappa shape index (κ1) is 22.6. The molecule has 2 amide bonds. The van der Waals surface area contributed by atoms with Gasteiger partial charge in [0.1, 0.15) is 6.04 Å². The lowest BCUT2D eigenvalue weighted by molar-refractivity contribution is -0.140. The Labute approximate surface area is 188 Å². The Hall–Kier alpha value is -2.04. The molecule has 0 bridgehead atoms. The maximum atomic E-state index is 13.2. The van der Waals surface area contributed by atoms with Gasteiger partial charge in [-0.2, -0.15) is 0 Å². The highest BCUT2D eigenvalue weighted by atomic mass is 35.5. The third kappa shape index (κ3) is 5.99. The summed E-state index contributed by atoms with van der Waals surface area (Å²) in [6.45, 7) is 1.97. The van der Waals surface area contributed by atoms with Crippen LogP contribution < -0.4 is 5.32 Å². The summed E-state index contributed by atoms with van der Waals surface area (Å²) in [5.41, 5.74) is 1.75. The molecule has 0 aliphatic heterocycles. The van der Waals surface area contributed by atoms with Crippen molar-refractivity contribution in [2.24, 2.45) is 0 Å². The second-order valence-electron chi connectivity index (χ2n) is 7.87. The van der Waals surface area contributed by atoms with E-state index in [1.54, 1.807) is 30.0 Å². The summed E-state index contributed by atoms with van der Waals surface area (Å²) < 4.78 is 0. The number of benzene rings is 2. The fourth-order valence-electron chi connectivity index (χ4n) is 3.87. The fraction of sp³-hybridized carbons (Fsp3) is 0.417. The number of nitrogens with one attached hydrogen (secondary N) is 1. The molecule has 0 spiro atoms. The Morgan fingerprint density at radius 2 is 1.67 bits per heavy atom. The highest BCUT2D eigenvalue weighted by Gasteiger charge is 2.29. The van der Waals surface area contributed by atoms with Gasteiger partial charge in [-0.3, -0.25) is 9.59 Å². The lowest BCUT2D eigenvalue weighted by Gasteiger charge is -2.30. The number of aryl methyl sites for hydroxylation is 1. The van der Waals surface area contributed by atoms with Gasteiger partial charge in [0.15, 0.2) is 0 Å². The third-order valence-corrected chi connectivity index (χ3v) is 6.44. The zero-order valence-electron chi connectivity index (χ0n) is 17.2. The number of carbonyl (C=O) groups excluding carboxylic acids is 2. The number of rotatable bonds is 8. The van der Waals surface area contributed by atoms with Crippen molar-refractivity contribution in [3.05, 3.63) is 69.7 Å². The van der Waals surface area contributed by atoms with E-state index in [1.165, 1.54) is 0 Å². The van der Waals surface area contributed by atoms with Crippen LogP contribution in [-0.4, -0.2) is 28.8 Å². The highest BCUT2D eigenvalue weighted by Crippen LogP contribution is 2.27. The molecule has 0 aromatic heterocycles. The number of halogens is 2. The van der Waals surface area contributed by atoms with Crippen LogP contribution in [0.25, 0.3) is 0 Å². The number of amides is 2. The molecule has 1 atom stereocenters. The molecule has 2 aromatic carbocycles. The summed E-state index contributed by atoms with van der Waals surface area (Å²) in [4.78, 5) is 27.7. The lowest BCUT2D eigenvalue weighted by Crippen LogP contribution is -2.49. The topological polar surface area (TPSA) is 49.4 Å². The summed E-state index contributed by atoms with van der Waals surface area (Å²) in [5, 5.41) is 4.09. The molecule has 1 fully saturated rings. The molecule has 1 unspecified atom stereocenters. The first-order valence-electron chi connectivity index (χ1n) is 10.5. The maximum Gasteiger partial charge on any atom is 0.242 e. The minimum atomic E-state index is -0.610. The summed E-state index contributed by atoms with van der Waals surface area (Å²) >= 11 is 12.7. The van der Waals surface area contributed by atoms with Crippen LogP contribution >= 0.6 is 23.2 Å². The predicted molar refractivity (Wildman–Crippen MR) is 122 cm³/mol. The van der Waals surface area contributed by atoms with Crippen molar-refractivity contribution in [1.29, 1.82) is 0 Å². The quantitative estimate of drug-likeness (QED) is 0.589. The van der Waals surface area contributed by atoms with E-state index in [1.807, 2.05) is 30.3 Å². The normalized spacial score (nSPS) is 15.0. The molecule has 0 radical (unpaired) electrons. The van der Waals surface area contributed by atoms with Crippen LogP contribution in [0.5, 0.6) is 0 Å². The molecule has 2 aromatic rings. The van der Waals surface area contributed by atoms with Gasteiger partial charge in [0.2, 0.25) is 11.8 Å². The van der Waals surface area contributed by atoms with Gasteiger partial charge in [0, 0.05) is 34.6 Å². The summed E-state index contributed by atoms with van der Waals surface area (Å²) in [6.07, 6.45) is 5.19. The Bertz CT molecular complexity index is 847. The predicted octanol–water partition coefficient (Wildman–Crippen LogP) is 5.40. The molecule has 4 nitrogen and oxygen atoms in total. The first-order chi connectivity index (χ1) is 14.5. The van der Waals surface area contributed by atoms with Crippen molar-refractivity contribution in [2.45, 2.75) is 64.1 Å². The SMILES string of the molecule is CC(C(=O)NC1CCCC1)N(Cc1c(Cl)cccc1Cl)C(=O)CCc1ccccc1. The molecule has 160 valence electrons. The Morgan fingerprint density at radius 3 is 2.30 bits per heavy atom. The highest BCUT2D eigenvalue weighted by molar-refractivity contribution is 6.36. The van der Waals surface area contributed by atoms with Crippen LogP contribution in [0, 0.1) is 0 Å². The van der Waals surface area contributed by atoms with E-state index in [4.69, 9.17) is 23.2 Å². The molecule has 1 N–H and O–H groups in total. The number of nitrogens with zero attached hydrogens (tertiary/aromatic N) is 1. The molecule has 1 aliphatic carbocycles. The van der Waals surface area contributed by atoms with E-state index in [0.717, 1.165) is 31.2 Å². The van der Waals surface area contributed by atoms with Crippen molar-refractivity contribution in [3.8, 4) is 0 Å². The molecular weight excluding hydrogens is 419 g/mol. The average molecular weight is 447 g/mol. The first-order valence-corrected chi connectivity index (χ1v) is 11.3. The number of carbonyl (C=O) groups is 2. The second kappa shape index (κ2) is 10.8. The molecule has 0 heterocycles. The van der Waals surface area contributed by atoms with Crippen molar-refractivity contribution in [1.82, 2.24) is 10.2 Å². The molecular formula is C24H28Cl2N2O2. The van der Waals surface area contributed by atoms with E-state index in [-0.39, 0.29) is 24.4 Å². The standard InChI is InChI=1S/C24H28Cl2N2O2/c1-17(24(30)27-19-10-5-6-11-19)28(16-20-21(25)12-7-13-22(20)26)23(29)15-14-18-8-3-2-4-9-18/h2-4,7-9,12-13,17,19H,5-6,10-11,14-16H2,1H3,(H,27,30). The van der Waals surface area contributed by atoms with E-state index in [0.29, 0.717) is 28.5 Å². The van der Waals surface area contributed by atoms with Crippen LogP contribution in [0.4, 0.5) is 0 Å². The van der Waals surface area contributed by atoms with Gasteiger partial charge in [-0.05, 0) is 43.9 Å². The molecule has 30 heavy (non-hydrogen) atoms. The Balaban J connectivity index is 1.76. The van der Waals surface area contributed by atoms with Crippen molar-refractivity contribution in [2.75, 3.05) is 0 Å². The molecule has 1 aliphatic rings. The van der Waals surface area contributed by atoms with E-state index in [2.05, 4.69) is 5.32 Å². The summed E-state index contributed by atoms with van der Waals surface area (Å²) in [5.74, 6) is -0.220. The van der Waals surface area contributed by atoms with E-state index >= 15 is 0 Å². The van der Waals surface area contributed by atoms with Gasteiger partial charge in [-0.15, -0.1) is 0 Å². The fourth-order valence-corrected chi connectivity index (χ4v) is 4.38. The van der Waals surface area contributed by atoms with Gasteiger partial charge in [-0.25, -0.2) is 0 Å². The minimum absolute atomic E-state index is 0.0936. The second-order valence-corrected chi connectivity index (χ2v) is 8.69. The van der Waals surface area contributed by atoms with Crippen LogP contribution in [-0.2, 0) is 22.6 Å². The summed E-state index contributed by atoms with van der Waals surface area (Å²) in [6, 6.07) is 14.7. The van der Waals surface area contributed by atoms with Crippen LogP contribution in [0.3, 0.4) is 0 Å². The van der Waals surface area contributed by atoms with Gasteiger partial charge < -0.3 is 10.2 Å². The smallest absolute Gasteiger partial charge is 0.242 e. The molecule has 0 saturated heterocycles. The number of hydrogen-bond acceptors (Lipinski definition) is 2. The van der Waals surface area contributed by atoms with Crippen molar-refractivity contribution in [3.63, 3.8) is 0 Å². The zero-order valence-corrected chi connectivity index (χ0v) is 18.8. The van der Waals surface area contributed by atoms with E-state index in [9.17, 15) is 9.59 Å². The average Bonchev–Trinajstić information content (AvgIpc) is 3.25. The monoisotopic (exact) mass is 446 g/mol. The van der Waals surface area contributed by atoms with Crippen LogP contribution in [0.15, 0.2) is 48.5 Å². The van der Waals surface area contributed by atoms with Gasteiger partial charge >= 0.3 is 0 Å². The Morgan fingerprint density at radius 1 is 1.03 bits per heavy atom. The van der Waals surface area contributed by atoms with Gasteiger partial charge in [0.05, 0.1) is 0 Å². The summed E-state index contributed by atoms with van der Waals surface area (Å²) in [7, 11) is 0. The minimum Gasteiger partial charge on any atom is -0.352 e. The van der Waals surface area contributed by atoms with Gasteiger partial charge in [-0.1, -0.05) is 72.4 Å². The van der Waals surface area contributed by atoms with Crippen LogP contribution in [0.2, 0.25) is 10.0 Å². The zero-order chi connectivity index (χ0) is 21.5. The van der Waals surface area contributed by atoms with E-state index < -0.39 is 6.04 Å². The molecule has 6 heteroatoms. The third-order valence-electron chi connectivity index (χ3n) is 5.73. The largest absolute Gasteiger partial charge is 0.352 e. The van der Waals surface area contributed by atoms with Crippen molar-refractivity contribution < 1.29 is 9.59 Å². The molecule has 3 rings (SSSR count). The molecule has 1 saturated carbocycles. The maximum absolute atomic E-state index is 13.2. The van der Waals surface area contributed by atoms with Gasteiger partial charge in [0.25, 0.3) is 0 Å².